The number of rotatable bonds is 7. The largest absolute Gasteiger partial charge is 0.498 e. The summed E-state index contributed by atoms with van der Waals surface area (Å²) < 4.78 is 2.27. The van der Waals surface area contributed by atoms with E-state index < -0.39 is 0 Å². The van der Waals surface area contributed by atoms with Gasteiger partial charge < -0.3 is 14.4 Å². The first kappa shape index (κ1) is 35.0. The molecule has 4 nitrogen and oxygen atoms in total. The van der Waals surface area contributed by atoms with E-state index in [9.17, 15) is 0 Å². The Hall–Kier alpha value is -5.09. The van der Waals surface area contributed by atoms with E-state index in [1.165, 1.54) is 33.3 Å². The second-order valence-electron chi connectivity index (χ2n) is 14.3. The fourth-order valence-corrected chi connectivity index (χ4v) is 7.89. The van der Waals surface area contributed by atoms with Crippen molar-refractivity contribution in [1.29, 1.82) is 0 Å². The van der Waals surface area contributed by atoms with Crippen LogP contribution in [-0.4, -0.2) is 9.55 Å². The van der Waals surface area contributed by atoms with E-state index in [2.05, 4.69) is 200 Å². The third-order valence-corrected chi connectivity index (χ3v) is 10.6. The maximum Gasteiger partial charge on any atom is 0.135 e. The summed E-state index contributed by atoms with van der Waals surface area (Å²) in [5.41, 5.74) is 10.4. The van der Waals surface area contributed by atoms with Gasteiger partial charge in [-0.2, -0.15) is 30.9 Å². The number of anilines is 3. The van der Waals surface area contributed by atoms with Gasteiger partial charge in [-0.25, -0.2) is 4.98 Å². The molecule has 6 heteroatoms. The fraction of sp³-hybridized carbons (Fsp3) is 0.106. The first-order chi connectivity index (χ1) is 25.4. The van der Waals surface area contributed by atoms with Crippen LogP contribution < -0.4 is 9.80 Å². The van der Waals surface area contributed by atoms with Gasteiger partial charge in [-0.1, -0.05) is 111 Å². The monoisotopic (exact) mass is 884 g/mol. The van der Waals surface area contributed by atoms with Crippen LogP contribution in [0.4, 0.5) is 17.1 Å². The zero-order chi connectivity index (χ0) is 35.2. The van der Waals surface area contributed by atoms with Crippen LogP contribution >= 0.6 is 11.8 Å². The Morgan fingerprint density at radius 1 is 0.660 bits per heavy atom. The molecular weight excluding hydrogens is 848 g/mol. The van der Waals surface area contributed by atoms with Crippen molar-refractivity contribution in [2.24, 2.45) is 0 Å². The van der Waals surface area contributed by atoms with Gasteiger partial charge in [0.1, 0.15) is 5.82 Å². The van der Waals surface area contributed by atoms with E-state index in [0.717, 1.165) is 49.9 Å². The SMILES string of the molecule is CC(C)(C)c1ccnc(-n2c3[c-]c(Sc4[c-]c(N5[CH-]N(Cc6ccccc6)c6ccccc65)ccc4)ccc3c3cc(-c4ccccc4)ccc32)c1.[Pt]. The first-order valence-corrected chi connectivity index (χ1v) is 18.5. The molecule has 0 aliphatic carbocycles. The Bertz CT molecular complexity index is 2560. The van der Waals surface area contributed by atoms with Crippen LogP contribution in [0.5, 0.6) is 0 Å². The summed E-state index contributed by atoms with van der Waals surface area (Å²) in [6, 6.07) is 59.2. The Balaban J connectivity index is 0.00000400. The molecule has 0 spiro atoms. The molecule has 0 bridgehead atoms. The van der Waals surface area contributed by atoms with Crippen molar-refractivity contribution in [1.82, 2.24) is 9.55 Å². The molecular formula is C47H37N4PtS-3. The van der Waals surface area contributed by atoms with Gasteiger partial charge in [-0.3, -0.25) is 0 Å². The van der Waals surface area contributed by atoms with Crippen molar-refractivity contribution >= 4 is 50.6 Å². The maximum absolute atomic E-state index is 4.91. The molecule has 8 aromatic rings. The summed E-state index contributed by atoms with van der Waals surface area (Å²) in [6.45, 7) is 9.72. The minimum absolute atomic E-state index is 0. The Morgan fingerprint density at radius 2 is 1.40 bits per heavy atom. The summed E-state index contributed by atoms with van der Waals surface area (Å²) in [4.78, 5) is 11.5. The van der Waals surface area contributed by atoms with Crippen molar-refractivity contribution in [3.8, 4) is 16.9 Å². The van der Waals surface area contributed by atoms with Crippen LogP contribution in [0.1, 0.15) is 31.9 Å². The van der Waals surface area contributed by atoms with Gasteiger partial charge in [-0.15, -0.1) is 50.8 Å². The average molecular weight is 885 g/mol. The number of pyridine rings is 1. The van der Waals surface area contributed by atoms with E-state index in [4.69, 9.17) is 4.98 Å². The van der Waals surface area contributed by atoms with Crippen molar-refractivity contribution in [2.45, 2.75) is 42.5 Å². The normalized spacial score (nSPS) is 12.7. The van der Waals surface area contributed by atoms with E-state index in [-0.39, 0.29) is 26.5 Å². The van der Waals surface area contributed by atoms with E-state index in [1.807, 2.05) is 6.20 Å². The molecule has 0 radical (unpaired) electrons. The Labute approximate surface area is 330 Å². The molecule has 2 aromatic heterocycles. The number of hydrogen-bond donors (Lipinski definition) is 0. The zero-order valence-corrected chi connectivity index (χ0v) is 32.8. The molecule has 0 saturated carbocycles. The summed E-state index contributed by atoms with van der Waals surface area (Å²) >= 11 is 1.68. The molecule has 264 valence electrons. The summed E-state index contributed by atoms with van der Waals surface area (Å²) in [5.74, 6) is 0.898. The minimum atomic E-state index is -0.00559. The van der Waals surface area contributed by atoms with Crippen molar-refractivity contribution in [2.75, 3.05) is 9.80 Å². The topological polar surface area (TPSA) is 24.3 Å². The fourth-order valence-electron chi connectivity index (χ4n) is 7.07. The van der Waals surface area contributed by atoms with Gasteiger partial charge >= 0.3 is 0 Å². The van der Waals surface area contributed by atoms with E-state index >= 15 is 0 Å². The number of para-hydroxylation sites is 2. The second kappa shape index (κ2) is 14.4. The molecule has 0 fully saturated rings. The molecule has 1 aliphatic rings. The van der Waals surface area contributed by atoms with Crippen LogP contribution in [0.3, 0.4) is 0 Å². The van der Waals surface area contributed by atoms with Gasteiger partial charge in [0.2, 0.25) is 0 Å². The minimum Gasteiger partial charge on any atom is -0.498 e. The van der Waals surface area contributed by atoms with Crippen molar-refractivity contribution in [3.63, 3.8) is 0 Å². The first-order valence-electron chi connectivity index (χ1n) is 17.7. The zero-order valence-electron chi connectivity index (χ0n) is 29.7. The second-order valence-corrected chi connectivity index (χ2v) is 15.3. The van der Waals surface area contributed by atoms with Gasteiger partial charge in [0.15, 0.2) is 0 Å². The number of aromatic nitrogens is 2. The van der Waals surface area contributed by atoms with Crippen molar-refractivity contribution in [3.05, 3.63) is 182 Å². The molecule has 9 rings (SSSR count). The van der Waals surface area contributed by atoms with Gasteiger partial charge in [0.05, 0.1) is 0 Å². The number of hydrogen-bond acceptors (Lipinski definition) is 4. The number of fused-ring (bicyclic) bond motifs is 4. The molecule has 6 aromatic carbocycles. The number of nitrogens with zero attached hydrogens (tertiary/aromatic N) is 4. The van der Waals surface area contributed by atoms with Gasteiger partial charge in [0.25, 0.3) is 0 Å². The smallest absolute Gasteiger partial charge is 0.135 e. The van der Waals surface area contributed by atoms with Crippen LogP contribution in [0.25, 0.3) is 38.8 Å². The third kappa shape index (κ3) is 6.80. The molecule has 0 unspecified atom stereocenters. The standard InChI is InChI=1S/C47H37N4S.Pt/c1-47(2,3)36-25-26-48-46(28-36)51-42-24-21-35(34-15-8-5-9-16-34)27-41(42)40-23-22-39(30-45(40)51)52-38-18-12-17-37(29-38)50-32-49(31-33-13-6-4-7-14-33)43-19-10-11-20-44(43)50;/h4-28,32H,31H2,1-3H3;/q-3;. The van der Waals surface area contributed by atoms with Crippen LogP contribution in [0, 0.1) is 18.8 Å². The molecule has 0 N–H and O–H groups in total. The summed E-state index contributed by atoms with van der Waals surface area (Å²) in [6.07, 6.45) is 1.93. The molecule has 1 aliphatic heterocycles. The van der Waals surface area contributed by atoms with Gasteiger partial charge in [0, 0.05) is 50.7 Å². The third-order valence-electron chi connectivity index (χ3n) is 9.73. The van der Waals surface area contributed by atoms with Crippen LogP contribution in [0.15, 0.2) is 162 Å². The Morgan fingerprint density at radius 3 is 2.19 bits per heavy atom. The maximum atomic E-state index is 4.91. The molecule has 3 heterocycles. The van der Waals surface area contributed by atoms with Crippen LogP contribution in [-0.2, 0) is 33.0 Å². The van der Waals surface area contributed by atoms with Crippen LogP contribution in [0.2, 0.25) is 0 Å². The summed E-state index contributed by atoms with van der Waals surface area (Å²) in [5, 5.41) is 2.34. The molecule has 0 amide bonds. The van der Waals surface area contributed by atoms with Crippen molar-refractivity contribution < 1.29 is 21.1 Å². The predicted octanol–water partition coefficient (Wildman–Crippen LogP) is 12.2. The van der Waals surface area contributed by atoms with E-state index in [0.29, 0.717) is 0 Å². The molecule has 0 atom stereocenters. The quantitative estimate of drug-likeness (QED) is 0.149. The molecule has 53 heavy (non-hydrogen) atoms. The molecule has 0 saturated heterocycles. The predicted molar refractivity (Wildman–Crippen MR) is 216 cm³/mol. The summed E-state index contributed by atoms with van der Waals surface area (Å²) in [7, 11) is 0. The number of benzene rings is 6. The average Bonchev–Trinajstić information content (AvgIpc) is 3.70. The Kier molecular flexibility index (Phi) is 9.49. The van der Waals surface area contributed by atoms with Gasteiger partial charge in [-0.05, 0) is 63.4 Å². The van der Waals surface area contributed by atoms with E-state index in [1.54, 1.807) is 11.8 Å².